The highest BCUT2D eigenvalue weighted by Crippen LogP contribution is 2.23. The first kappa shape index (κ1) is 13.6. The average Bonchev–Trinajstić information content (AvgIpc) is 3.21. The number of fused-ring (bicyclic) bond motifs is 1. The number of aromatic amines is 1. The molecule has 0 saturated heterocycles. The summed E-state index contributed by atoms with van der Waals surface area (Å²) in [6.45, 7) is 2.90. The second kappa shape index (κ2) is 5.65. The van der Waals surface area contributed by atoms with Crippen molar-refractivity contribution >= 4 is 16.7 Å². The van der Waals surface area contributed by atoms with E-state index >= 15 is 0 Å². The molecule has 0 aliphatic rings. The Bertz CT molecular complexity index is 938. The van der Waals surface area contributed by atoms with E-state index in [0.29, 0.717) is 0 Å². The third kappa shape index (κ3) is 2.83. The van der Waals surface area contributed by atoms with E-state index in [0.717, 1.165) is 34.9 Å². The van der Waals surface area contributed by atoms with Gasteiger partial charge in [-0.15, -0.1) is 0 Å². The molecule has 0 radical (unpaired) electrons. The van der Waals surface area contributed by atoms with Gasteiger partial charge in [0.25, 0.3) is 0 Å². The number of hydrogen-bond donors (Lipinski definition) is 2. The number of rotatable bonds is 4. The molecule has 0 fully saturated rings. The van der Waals surface area contributed by atoms with Crippen molar-refractivity contribution in [1.29, 1.82) is 0 Å². The molecule has 0 bridgehead atoms. The lowest BCUT2D eigenvalue weighted by molar-refractivity contribution is 0.578. The molecule has 2 N–H and O–H groups in total. The molecule has 0 aliphatic heterocycles. The van der Waals surface area contributed by atoms with Gasteiger partial charge in [0, 0.05) is 12.2 Å². The highest BCUT2D eigenvalue weighted by Gasteiger charge is 2.07. The van der Waals surface area contributed by atoms with Gasteiger partial charge < -0.3 is 14.7 Å². The SMILES string of the molecule is Cc1cccc(CNc2ccc3[nH]c(-c4ccco4)nc3c2)c1. The molecule has 0 saturated carbocycles. The van der Waals surface area contributed by atoms with Crippen molar-refractivity contribution < 1.29 is 4.42 Å². The Hall–Kier alpha value is -3.01. The molecule has 114 valence electrons. The van der Waals surface area contributed by atoms with Crippen molar-refractivity contribution in [2.75, 3.05) is 5.32 Å². The van der Waals surface area contributed by atoms with Crippen molar-refractivity contribution in [3.63, 3.8) is 0 Å². The van der Waals surface area contributed by atoms with Gasteiger partial charge in [-0.1, -0.05) is 29.8 Å². The Kier molecular flexibility index (Phi) is 3.35. The molecule has 0 spiro atoms. The van der Waals surface area contributed by atoms with Gasteiger partial charge in [-0.3, -0.25) is 0 Å². The van der Waals surface area contributed by atoms with Crippen LogP contribution in [0.5, 0.6) is 0 Å². The molecule has 4 rings (SSSR count). The van der Waals surface area contributed by atoms with Gasteiger partial charge in [-0.25, -0.2) is 4.98 Å². The van der Waals surface area contributed by atoms with Gasteiger partial charge in [0.05, 0.1) is 17.3 Å². The monoisotopic (exact) mass is 303 g/mol. The Balaban J connectivity index is 1.56. The summed E-state index contributed by atoms with van der Waals surface area (Å²) in [4.78, 5) is 7.87. The number of aromatic nitrogens is 2. The van der Waals surface area contributed by atoms with Crippen molar-refractivity contribution in [3.05, 3.63) is 72.0 Å². The van der Waals surface area contributed by atoms with Crippen LogP contribution in [0, 0.1) is 6.92 Å². The van der Waals surface area contributed by atoms with Gasteiger partial charge in [0.2, 0.25) is 0 Å². The molecular formula is C19H17N3O. The van der Waals surface area contributed by atoms with Crippen LogP contribution in [0.4, 0.5) is 5.69 Å². The third-order valence-electron chi connectivity index (χ3n) is 3.82. The molecule has 0 amide bonds. The summed E-state index contributed by atoms with van der Waals surface area (Å²) in [5.41, 5.74) is 5.51. The predicted octanol–water partition coefficient (Wildman–Crippen LogP) is 4.74. The molecule has 0 aliphatic carbocycles. The summed E-state index contributed by atoms with van der Waals surface area (Å²) in [6, 6.07) is 18.4. The zero-order chi connectivity index (χ0) is 15.6. The van der Waals surface area contributed by atoms with Crippen LogP contribution in [0.1, 0.15) is 11.1 Å². The first-order valence-corrected chi connectivity index (χ1v) is 7.61. The maximum atomic E-state index is 5.39. The molecular weight excluding hydrogens is 286 g/mol. The topological polar surface area (TPSA) is 53.9 Å². The molecule has 2 heterocycles. The van der Waals surface area contributed by atoms with Crippen LogP contribution in [0.25, 0.3) is 22.6 Å². The zero-order valence-corrected chi connectivity index (χ0v) is 12.8. The van der Waals surface area contributed by atoms with E-state index in [-0.39, 0.29) is 0 Å². The quantitative estimate of drug-likeness (QED) is 0.572. The minimum atomic E-state index is 0.746. The standard InChI is InChI=1S/C19H17N3O/c1-13-4-2-5-14(10-13)12-20-15-7-8-16-17(11-15)22-19(21-16)18-6-3-9-23-18/h2-11,20H,12H2,1H3,(H,21,22). The predicted molar refractivity (Wildman–Crippen MR) is 92.3 cm³/mol. The molecule has 2 aromatic carbocycles. The molecule has 4 heteroatoms. The molecule has 23 heavy (non-hydrogen) atoms. The molecule has 4 nitrogen and oxygen atoms in total. The first-order valence-electron chi connectivity index (χ1n) is 7.61. The summed E-state index contributed by atoms with van der Waals surface area (Å²) in [5, 5.41) is 3.45. The Labute approximate surface area is 134 Å². The number of anilines is 1. The summed E-state index contributed by atoms with van der Waals surface area (Å²) < 4.78 is 5.39. The van der Waals surface area contributed by atoms with Crippen LogP contribution in [-0.4, -0.2) is 9.97 Å². The molecule has 4 aromatic rings. The summed E-state index contributed by atoms with van der Waals surface area (Å²) in [7, 11) is 0. The fourth-order valence-corrected chi connectivity index (χ4v) is 2.67. The van der Waals surface area contributed by atoms with E-state index < -0.39 is 0 Å². The van der Waals surface area contributed by atoms with E-state index in [2.05, 4.69) is 52.5 Å². The summed E-state index contributed by atoms with van der Waals surface area (Å²) >= 11 is 0. The van der Waals surface area contributed by atoms with E-state index in [1.807, 2.05) is 24.3 Å². The van der Waals surface area contributed by atoms with Crippen LogP contribution in [0.2, 0.25) is 0 Å². The Morgan fingerprint density at radius 2 is 2.04 bits per heavy atom. The number of imidazole rings is 1. The molecule has 0 atom stereocenters. The largest absolute Gasteiger partial charge is 0.461 e. The second-order valence-corrected chi connectivity index (χ2v) is 5.64. The lowest BCUT2D eigenvalue weighted by Crippen LogP contribution is -1.99. The van der Waals surface area contributed by atoms with Crippen LogP contribution in [0.15, 0.2) is 65.3 Å². The van der Waals surface area contributed by atoms with Crippen LogP contribution >= 0.6 is 0 Å². The number of furan rings is 1. The van der Waals surface area contributed by atoms with Gasteiger partial charge in [-0.05, 0) is 42.8 Å². The highest BCUT2D eigenvalue weighted by molar-refractivity contribution is 5.82. The number of nitrogens with one attached hydrogen (secondary N) is 2. The van der Waals surface area contributed by atoms with Crippen LogP contribution < -0.4 is 5.32 Å². The second-order valence-electron chi connectivity index (χ2n) is 5.64. The van der Waals surface area contributed by atoms with E-state index in [9.17, 15) is 0 Å². The normalized spacial score (nSPS) is 11.0. The number of H-pyrrole nitrogens is 1. The van der Waals surface area contributed by atoms with Crippen molar-refractivity contribution in [1.82, 2.24) is 9.97 Å². The lowest BCUT2D eigenvalue weighted by atomic mass is 10.1. The first-order chi connectivity index (χ1) is 11.3. The van der Waals surface area contributed by atoms with E-state index in [4.69, 9.17) is 4.42 Å². The van der Waals surface area contributed by atoms with Crippen molar-refractivity contribution in [2.45, 2.75) is 13.5 Å². The summed E-state index contributed by atoms with van der Waals surface area (Å²) in [6.07, 6.45) is 1.65. The summed E-state index contributed by atoms with van der Waals surface area (Å²) in [5.74, 6) is 1.50. The minimum Gasteiger partial charge on any atom is -0.461 e. The maximum absolute atomic E-state index is 5.39. The Morgan fingerprint density at radius 1 is 1.09 bits per heavy atom. The van der Waals surface area contributed by atoms with Crippen LogP contribution in [-0.2, 0) is 6.54 Å². The van der Waals surface area contributed by atoms with E-state index in [1.54, 1.807) is 6.26 Å². The van der Waals surface area contributed by atoms with Crippen molar-refractivity contribution in [3.8, 4) is 11.6 Å². The zero-order valence-electron chi connectivity index (χ0n) is 12.8. The lowest BCUT2D eigenvalue weighted by Gasteiger charge is -2.07. The van der Waals surface area contributed by atoms with Gasteiger partial charge in [0.15, 0.2) is 11.6 Å². The third-order valence-corrected chi connectivity index (χ3v) is 3.82. The highest BCUT2D eigenvalue weighted by atomic mass is 16.3. The van der Waals surface area contributed by atoms with Crippen molar-refractivity contribution in [2.24, 2.45) is 0 Å². The maximum Gasteiger partial charge on any atom is 0.174 e. The van der Waals surface area contributed by atoms with E-state index in [1.165, 1.54) is 11.1 Å². The van der Waals surface area contributed by atoms with Gasteiger partial charge >= 0.3 is 0 Å². The van der Waals surface area contributed by atoms with Gasteiger partial charge in [-0.2, -0.15) is 0 Å². The fraction of sp³-hybridized carbons (Fsp3) is 0.105. The number of benzene rings is 2. The number of hydrogen-bond acceptors (Lipinski definition) is 3. The average molecular weight is 303 g/mol. The molecule has 2 aromatic heterocycles. The Morgan fingerprint density at radius 3 is 2.87 bits per heavy atom. The minimum absolute atomic E-state index is 0.746. The fourth-order valence-electron chi connectivity index (χ4n) is 2.67. The number of nitrogens with zero attached hydrogens (tertiary/aromatic N) is 1. The smallest absolute Gasteiger partial charge is 0.174 e. The van der Waals surface area contributed by atoms with Gasteiger partial charge in [0.1, 0.15) is 0 Å². The van der Waals surface area contributed by atoms with Crippen LogP contribution in [0.3, 0.4) is 0 Å². The molecule has 0 unspecified atom stereocenters. The number of aryl methyl sites for hydroxylation is 1.